The molecule has 320 valence electrons. The lowest BCUT2D eigenvalue weighted by Gasteiger charge is -2.19. The average Bonchev–Trinajstić information content (AvgIpc) is 3.17. The van der Waals surface area contributed by atoms with Crippen LogP contribution in [0.3, 0.4) is 0 Å². The van der Waals surface area contributed by atoms with E-state index in [1.807, 2.05) is 13.1 Å². The fraction of sp³-hybridized carbons (Fsp3) is 0.804. The van der Waals surface area contributed by atoms with Crippen molar-refractivity contribution in [2.45, 2.75) is 187 Å². The number of aliphatic hydroxyl groups excluding tert-OH is 1. The van der Waals surface area contributed by atoms with Crippen molar-refractivity contribution in [2.24, 2.45) is 0 Å². The first-order valence-corrected chi connectivity index (χ1v) is 23.5. The van der Waals surface area contributed by atoms with Crippen LogP contribution >= 0.6 is 11.8 Å². The molecule has 0 aromatic rings. The van der Waals surface area contributed by atoms with Gasteiger partial charge in [0.05, 0.1) is 19.0 Å². The SMILES string of the molecule is CCCCC/C=C\C/C=C\CCCCCCCC(=O)OCCCC(CCCCCCC(=O)OC/C=C/CCCCCCC)NC(=O)CSCCN(C)CCO. The molecule has 8 nitrogen and oxygen atoms in total. The average molecular weight is 793 g/mol. The Morgan fingerprint density at radius 3 is 1.82 bits per heavy atom. The van der Waals surface area contributed by atoms with Gasteiger partial charge in [-0.25, -0.2) is 0 Å². The zero-order valence-electron chi connectivity index (χ0n) is 35.7. The number of thioether (sulfide) groups is 1. The minimum Gasteiger partial charge on any atom is -0.466 e. The van der Waals surface area contributed by atoms with E-state index >= 15 is 0 Å². The molecule has 2 N–H and O–H groups in total. The molecule has 0 saturated carbocycles. The summed E-state index contributed by atoms with van der Waals surface area (Å²) in [5.74, 6) is 1.01. The molecule has 0 bridgehead atoms. The molecule has 9 heteroatoms. The number of esters is 2. The number of carbonyl (C=O) groups is 3. The lowest BCUT2D eigenvalue weighted by molar-refractivity contribution is -0.144. The zero-order valence-corrected chi connectivity index (χ0v) is 36.5. The molecular weight excluding hydrogens is 709 g/mol. The number of nitrogens with one attached hydrogen (secondary N) is 1. The molecule has 0 rings (SSSR count). The fourth-order valence-corrected chi connectivity index (χ4v) is 7.03. The molecule has 0 saturated heterocycles. The molecule has 0 aromatic carbocycles. The highest BCUT2D eigenvalue weighted by molar-refractivity contribution is 7.99. The van der Waals surface area contributed by atoms with Crippen LogP contribution in [0.25, 0.3) is 0 Å². The Balaban J connectivity index is 4.25. The van der Waals surface area contributed by atoms with Crippen LogP contribution in [0.1, 0.15) is 181 Å². The Bertz CT molecular complexity index is 972. The van der Waals surface area contributed by atoms with Crippen LogP contribution < -0.4 is 5.32 Å². The summed E-state index contributed by atoms with van der Waals surface area (Å²) < 4.78 is 10.9. The van der Waals surface area contributed by atoms with E-state index in [1.165, 1.54) is 70.6 Å². The van der Waals surface area contributed by atoms with Gasteiger partial charge in [-0.2, -0.15) is 11.8 Å². The molecule has 1 amide bonds. The van der Waals surface area contributed by atoms with Gasteiger partial charge in [-0.3, -0.25) is 14.4 Å². The topological polar surface area (TPSA) is 105 Å². The Hall–Kier alpha value is -2.10. The summed E-state index contributed by atoms with van der Waals surface area (Å²) in [6.45, 7) is 6.80. The van der Waals surface area contributed by atoms with Crippen LogP contribution in [0, 0.1) is 0 Å². The van der Waals surface area contributed by atoms with Gasteiger partial charge in [0.25, 0.3) is 0 Å². The van der Waals surface area contributed by atoms with Crippen LogP contribution in [0.15, 0.2) is 36.5 Å². The van der Waals surface area contributed by atoms with Crippen molar-refractivity contribution in [1.82, 2.24) is 10.2 Å². The van der Waals surface area contributed by atoms with Crippen LogP contribution in [-0.4, -0.2) is 85.4 Å². The summed E-state index contributed by atoms with van der Waals surface area (Å²) in [5, 5.41) is 12.3. The van der Waals surface area contributed by atoms with E-state index < -0.39 is 0 Å². The van der Waals surface area contributed by atoms with Crippen LogP contribution in [0.2, 0.25) is 0 Å². The maximum absolute atomic E-state index is 12.8. The second kappa shape index (κ2) is 43.0. The van der Waals surface area contributed by atoms with Crippen LogP contribution in [-0.2, 0) is 23.9 Å². The van der Waals surface area contributed by atoms with E-state index in [4.69, 9.17) is 14.6 Å². The Morgan fingerprint density at radius 1 is 0.636 bits per heavy atom. The molecule has 0 spiro atoms. The highest BCUT2D eigenvalue weighted by Gasteiger charge is 2.14. The summed E-state index contributed by atoms with van der Waals surface area (Å²) >= 11 is 1.60. The van der Waals surface area contributed by atoms with Crippen molar-refractivity contribution < 1.29 is 29.0 Å². The van der Waals surface area contributed by atoms with E-state index in [1.54, 1.807) is 11.8 Å². The van der Waals surface area contributed by atoms with Crippen molar-refractivity contribution >= 4 is 29.6 Å². The number of aliphatic hydroxyl groups is 1. The lowest BCUT2D eigenvalue weighted by atomic mass is 10.0. The second-order valence-corrected chi connectivity index (χ2v) is 16.1. The lowest BCUT2D eigenvalue weighted by Crippen LogP contribution is -2.36. The van der Waals surface area contributed by atoms with Gasteiger partial charge in [0.15, 0.2) is 0 Å². The normalized spacial score (nSPS) is 12.4. The number of ether oxygens (including phenoxy) is 2. The highest BCUT2D eigenvalue weighted by Crippen LogP contribution is 2.14. The molecule has 0 fully saturated rings. The molecule has 0 aliphatic heterocycles. The summed E-state index contributed by atoms with van der Waals surface area (Å²) in [4.78, 5) is 39.3. The third-order valence-corrected chi connectivity index (χ3v) is 10.6. The number of nitrogens with zero attached hydrogens (tertiary/aromatic N) is 1. The first kappa shape index (κ1) is 52.9. The van der Waals surface area contributed by atoms with Crippen LogP contribution in [0.5, 0.6) is 0 Å². The molecule has 0 heterocycles. The Labute approximate surface area is 342 Å². The van der Waals surface area contributed by atoms with Crippen molar-refractivity contribution in [3.63, 3.8) is 0 Å². The smallest absolute Gasteiger partial charge is 0.306 e. The predicted octanol–water partition coefficient (Wildman–Crippen LogP) is 11.1. The standard InChI is InChI=1S/C46H84N2O6S/c1-4-6-8-10-12-14-15-16-17-18-19-20-21-23-28-34-46(52)54-40-31-33-43(47-44(50)42-55-41-37-48(3)36-38-49)32-27-24-25-29-35-45(51)53-39-30-26-22-13-11-9-7-5-2/h12,14,16-17,26,30,43,49H,4-11,13,15,18-25,27-29,31-42H2,1-3H3,(H,47,50)/b14-12-,17-16-,30-26+. The first-order valence-electron chi connectivity index (χ1n) is 22.4. The summed E-state index contributed by atoms with van der Waals surface area (Å²) in [5.41, 5.74) is 0. The van der Waals surface area contributed by atoms with Crippen molar-refractivity contribution in [3.8, 4) is 0 Å². The Morgan fingerprint density at radius 2 is 1.16 bits per heavy atom. The number of hydrogen-bond donors (Lipinski definition) is 2. The van der Waals surface area contributed by atoms with Crippen molar-refractivity contribution in [1.29, 1.82) is 0 Å². The van der Waals surface area contributed by atoms with Crippen molar-refractivity contribution in [3.05, 3.63) is 36.5 Å². The number of likely N-dealkylation sites (N-methyl/N-ethyl adjacent to an activating group) is 1. The molecule has 0 aliphatic carbocycles. The fourth-order valence-electron chi connectivity index (χ4n) is 6.17. The largest absolute Gasteiger partial charge is 0.466 e. The zero-order chi connectivity index (χ0) is 40.3. The maximum atomic E-state index is 12.8. The monoisotopic (exact) mass is 793 g/mol. The second-order valence-electron chi connectivity index (χ2n) is 15.0. The molecular formula is C46H84N2O6S. The van der Waals surface area contributed by atoms with Crippen LogP contribution in [0.4, 0.5) is 0 Å². The van der Waals surface area contributed by atoms with Gasteiger partial charge in [-0.1, -0.05) is 127 Å². The van der Waals surface area contributed by atoms with Gasteiger partial charge < -0.3 is 24.8 Å². The quantitative estimate of drug-likeness (QED) is 0.0358. The molecule has 1 atom stereocenters. The summed E-state index contributed by atoms with van der Waals surface area (Å²) in [7, 11) is 1.97. The van der Waals surface area contributed by atoms with E-state index in [2.05, 4.69) is 54.4 Å². The predicted molar refractivity (Wildman–Crippen MR) is 235 cm³/mol. The Kier molecular flexibility index (Phi) is 41.4. The van der Waals surface area contributed by atoms with Gasteiger partial charge in [0.2, 0.25) is 5.91 Å². The molecule has 1 unspecified atom stereocenters. The van der Waals surface area contributed by atoms with E-state index in [-0.39, 0.29) is 30.5 Å². The van der Waals surface area contributed by atoms with E-state index in [0.29, 0.717) is 38.4 Å². The van der Waals surface area contributed by atoms with E-state index in [9.17, 15) is 14.4 Å². The minimum absolute atomic E-state index is 0.0337. The summed E-state index contributed by atoms with van der Waals surface area (Å²) in [6.07, 6.45) is 40.3. The highest BCUT2D eigenvalue weighted by atomic mass is 32.2. The number of rotatable bonds is 41. The number of unbranched alkanes of at least 4 members (excludes halogenated alkanes) is 16. The molecule has 0 aromatic heterocycles. The number of amides is 1. The van der Waals surface area contributed by atoms with Gasteiger partial charge in [-0.05, 0) is 84.1 Å². The third-order valence-electron chi connectivity index (χ3n) is 9.65. The molecule has 0 aliphatic rings. The van der Waals surface area contributed by atoms with Gasteiger partial charge in [-0.15, -0.1) is 0 Å². The maximum Gasteiger partial charge on any atom is 0.306 e. The first-order chi connectivity index (χ1) is 26.9. The van der Waals surface area contributed by atoms with Crippen molar-refractivity contribution in [2.75, 3.05) is 51.5 Å². The van der Waals surface area contributed by atoms with Gasteiger partial charge in [0.1, 0.15) is 6.61 Å². The summed E-state index contributed by atoms with van der Waals surface area (Å²) in [6, 6.07) is 0.0362. The number of carbonyl (C=O) groups excluding carboxylic acids is 3. The van der Waals surface area contributed by atoms with Gasteiger partial charge >= 0.3 is 11.9 Å². The molecule has 0 radical (unpaired) electrons. The van der Waals surface area contributed by atoms with Gasteiger partial charge in [0, 0.05) is 37.7 Å². The minimum atomic E-state index is -0.136. The number of hydrogen-bond acceptors (Lipinski definition) is 8. The third kappa shape index (κ3) is 41.4. The number of allylic oxidation sites excluding steroid dienone is 5. The van der Waals surface area contributed by atoms with E-state index in [0.717, 1.165) is 95.8 Å². The molecule has 55 heavy (non-hydrogen) atoms.